The molecule has 2 aromatic heterocycles. The van der Waals surface area contributed by atoms with Gasteiger partial charge in [0.2, 0.25) is 0 Å². The van der Waals surface area contributed by atoms with Crippen molar-refractivity contribution in [3.63, 3.8) is 0 Å². The third kappa shape index (κ3) is 5.75. The fourth-order valence-electron chi connectivity index (χ4n) is 2.73. The summed E-state index contributed by atoms with van der Waals surface area (Å²) >= 11 is 2.92. The molecule has 3 aromatic rings. The Labute approximate surface area is 177 Å². The van der Waals surface area contributed by atoms with Crippen LogP contribution in [0.15, 0.2) is 40.8 Å². The molecule has 0 spiro atoms. The normalized spacial score (nSPS) is 12.7. The molecule has 1 aromatic carbocycles. The van der Waals surface area contributed by atoms with Crippen molar-refractivity contribution in [3.05, 3.63) is 51.3 Å². The molecular formula is C20H25N5O2S2. The van der Waals surface area contributed by atoms with Gasteiger partial charge < -0.3 is 21.1 Å². The number of aromatic nitrogens is 1. The zero-order valence-electron chi connectivity index (χ0n) is 16.4. The van der Waals surface area contributed by atoms with E-state index >= 15 is 0 Å². The second-order valence-corrected chi connectivity index (χ2v) is 8.34. The molecule has 9 heteroatoms. The van der Waals surface area contributed by atoms with E-state index in [9.17, 15) is 9.90 Å². The van der Waals surface area contributed by atoms with Crippen molar-refractivity contribution < 1.29 is 9.90 Å². The van der Waals surface area contributed by atoms with Crippen LogP contribution in [0, 0.1) is 6.92 Å². The molecule has 7 nitrogen and oxygen atoms in total. The molecule has 0 aliphatic rings. The largest absolute Gasteiger partial charge is 0.386 e. The lowest BCUT2D eigenvalue weighted by atomic mass is 10.2. The van der Waals surface area contributed by atoms with Crippen molar-refractivity contribution in [1.82, 2.24) is 20.9 Å². The number of hydrogen-bond acceptors (Lipinski definition) is 6. The fourth-order valence-corrected chi connectivity index (χ4v) is 4.49. The average molecular weight is 432 g/mol. The zero-order valence-corrected chi connectivity index (χ0v) is 18.1. The van der Waals surface area contributed by atoms with Crippen molar-refractivity contribution in [1.29, 1.82) is 0 Å². The number of aliphatic hydroxyl groups excluding tert-OH is 1. The maximum Gasteiger partial charge on any atom is 0.263 e. The quantitative estimate of drug-likeness (QED) is 0.250. The molecule has 0 saturated heterocycles. The van der Waals surface area contributed by atoms with E-state index in [1.807, 2.05) is 44.2 Å². The summed E-state index contributed by atoms with van der Waals surface area (Å²) in [6, 6.07) is 10.1. The second kappa shape index (κ2) is 10.3. The minimum absolute atomic E-state index is 0.117. The number of nitrogens with zero attached hydrogens (tertiary/aromatic N) is 2. The Morgan fingerprint density at radius 1 is 1.24 bits per heavy atom. The van der Waals surface area contributed by atoms with Gasteiger partial charge in [-0.3, -0.25) is 9.79 Å². The number of rotatable bonds is 8. The Hall–Kier alpha value is -2.49. The summed E-state index contributed by atoms with van der Waals surface area (Å²) in [4.78, 5) is 22.2. The molecule has 3 rings (SSSR count). The van der Waals surface area contributed by atoms with Gasteiger partial charge in [0.1, 0.15) is 11.0 Å². The van der Waals surface area contributed by atoms with Crippen LogP contribution in [0.2, 0.25) is 0 Å². The van der Waals surface area contributed by atoms with Crippen LogP contribution in [0.25, 0.3) is 10.1 Å². The molecule has 0 aliphatic heterocycles. The standard InChI is InChI=1S/C20H25N5O2S2/c1-3-21-20(23-9-8-22-19(27)18-13(2)25-12-28-18)24-11-15(26)17-10-14-6-4-5-7-16(14)29-17/h4-7,10,12,15,26H,3,8-9,11H2,1-2H3,(H,22,27)(H2,21,23,24). The summed E-state index contributed by atoms with van der Waals surface area (Å²) in [5.74, 6) is 0.491. The predicted molar refractivity (Wildman–Crippen MR) is 120 cm³/mol. The molecule has 1 atom stereocenters. The molecule has 154 valence electrons. The number of fused-ring (bicyclic) bond motifs is 1. The van der Waals surface area contributed by atoms with E-state index in [2.05, 4.69) is 25.9 Å². The van der Waals surface area contributed by atoms with Crippen molar-refractivity contribution in [2.45, 2.75) is 20.0 Å². The van der Waals surface area contributed by atoms with Crippen molar-refractivity contribution in [2.75, 3.05) is 26.2 Å². The Morgan fingerprint density at radius 2 is 2.03 bits per heavy atom. The van der Waals surface area contributed by atoms with Gasteiger partial charge in [0.15, 0.2) is 5.96 Å². The van der Waals surface area contributed by atoms with Crippen LogP contribution < -0.4 is 16.0 Å². The number of carbonyl (C=O) groups is 1. The minimum Gasteiger partial charge on any atom is -0.386 e. The number of guanidine groups is 1. The first-order valence-corrected chi connectivity index (χ1v) is 11.1. The second-order valence-electron chi connectivity index (χ2n) is 6.37. The number of carbonyl (C=O) groups excluding carboxylic acids is 1. The SMILES string of the molecule is CCNC(=NCC(O)c1cc2ccccc2s1)NCCNC(=O)c1scnc1C. The summed E-state index contributed by atoms with van der Waals surface area (Å²) in [6.45, 7) is 5.75. The van der Waals surface area contributed by atoms with Gasteiger partial charge in [0.05, 0.1) is 17.7 Å². The molecule has 29 heavy (non-hydrogen) atoms. The van der Waals surface area contributed by atoms with Crippen molar-refractivity contribution in [3.8, 4) is 0 Å². The fraction of sp³-hybridized carbons (Fsp3) is 0.350. The van der Waals surface area contributed by atoms with E-state index in [4.69, 9.17) is 0 Å². The minimum atomic E-state index is -0.656. The summed E-state index contributed by atoms with van der Waals surface area (Å²) < 4.78 is 1.16. The molecule has 0 saturated carbocycles. The zero-order chi connectivity index (χ0) is 20.6. The van der Waals surface area contributed by atoms with E-state index in [-0.39, 0.29) is 12.5 Å². The maximum absolute atomic E-state index is 12.1. The van der Waals surface area contributed by atoms with Gasteiger partial charge in [0.25, 0.3) is 5.91 Å². The van der Waals surface area contributed by atoms with Gasteiger partial charge >= 0.3 is 0 Å². The number of amides is 1. The first-order valence-electron chi connectivity index (χ1n) is 9.45. The summed E-state index contributed by atoms with van der Waals surface area (Å²) in [5.41, 5.74) is 2.41. The monoisotopic (exact) mass is 431 g/mol. The highest BCUT2D eigenvalue weighted by molar-refractivity contribution is 7.19. The highest BCUT2D eigenvalue weighted by atomic mass is 32.1. The Bertz CT molecular complexity index is 949. The van der Waals surface area contributed by atoms with Crippen LogP contribution in [-0.4, -0.2) is 48.1 Å². The van der Waals surface area contributed by atoms with Crippen LogP contribution in [0.1, 0.15) is 33.3 Å². The lowest BCUT2D eigenvalue weighted by Gasteiger charge is -2.13. The number of hydrogen-bond donors (Lipinski definition) is 4. The van der Waals surface area contributed by atoms with Gasteiger partial charge in [-0.2, -0.15) is 0 Å². The predicted octanol–water partition coefficient (Wildman–Crippen LogP) is 2.68. The molecule has 0 fully saturated rings. The van der Waals surface area contributed by atoms with E-state index in [1.165, 1.54) is 11.3 Å². The highest BCUT2D eigenvalue weighted by Gasteiger charge is 2.12. The van der Waals surface area contributed by atoms with Gasteiger partial charge in [-0.05, 0) is 31.4 Å². The van der Waals surface area contributed by atoms with Crippen LogP contribution >= 0.6 is 22.7 Å². The van der Waals surface area contributed by atoms with Gasteiger partial charge in [-0.1, -0.05) is 18.2 Å². The van der Waals surface area contributed by atoms with Crippen LogP contribution in [0.5, 0.6) is 0 Å². The maximum atomic E-state index is 12.1. The van der Waals surface area contributed by atoms with Crippen LogP contribution in [0.3, 0.4) is 0 Å². The van der Waals surface area contributed by atoms with Crippen LogP contribution in [-0.2, 0) is 0 Å². The third-order valence-electron chi connectivity index (χ3n) is 4.19. The summed E-state index contributed by atoms with van der Waals surface area (Å²) in [6.07, 6.45) is -0.656. The number of thiazole rings is 1. The Morgan fingerprint density at radius 3 is 2.76 bits per heavy atom. The van der Waals surface area contributed by atoms with Crippen molar-refractivity contribution in [2.24, 2.45) is 4.99 Å². The first kappa shape index (κ1) is 21.2. The molecule has 4 N–H and O–H groups in total. The molecule has 0 radical (unpaired) electrons. The third-order valence-corrected chi connectivity index (χ3v) is 6.34. The lowest BCUT2D eigenvalue weighted by Crippen LogP contribution is -2.41. The molecule has 1 amide bonds. The summed E-state index contributed by atoms with van der Waals surface area (Å²) in [7, 11) is 0. The van der Waals surface area contributed by atoms with E-state index in [0.717, 1.165) is 20.7 Å². The Balaban J connectivity index is 1.50. The number of benzene rings is 1. The number of nitrogens with one attached hydrogen (secondary N) is 3. The van der Waals surface area contributed by atoms with E-state index in [0.29, 0.717) is 30.5 Å². The molecule has 1 unspecified atom stereocenters. The van der Waals surface area contributed by atoms with Gasteiger partial charge in [-0.15, -0.1) is 22.7 Å². The number of aliphatic imine (C=N–C) groups is 1. The number of aliphatic hydroxyl groups is 1. The molecule has 0 aliphatic carbocycles. The topological polar surface area (TPSA) is 98.6 Å². The first-order chi connectivity index (χ1) is 14.1. The van der Waals surface area contributed by atoms with Crippen molar-refractivity contribution >= 4 is 44.6 Å². The number of thiophene rings is 1. The Kier molecular flexibility index (Phi) is 7.56. The molecule has 0 bridgehead atoms. The smallest absolute Gasteiger partial charge is 0.263 e. The van der Waals surface area contributed by atoms with E-state index in [1.54, 1.807) is 16.8 Å². The molecule has 2 heterocycles. The van der Waals surface area contributed by atoms with Gasteiger partial charge in [-0.25, -0.2) is 4.98 Å². The lowest BCUT2D eigenvalue weighted by molar-refractivity contribution is 0.0957. The van der Waals surface area contributed by atoms with Gasteiger partial charge in [0, 0.05) is 29.2 Å². The van der Waals surface area contributed by atoms with E-state index < -0.39 is 6.10 Å². The summed E-state index contributed by atoms with van der Waals surface area (Å²) in [5, 5.41) is 20.8. The average Bonchev–Trinajstić information content (AvgIpc) is 3.34. The molecular weight excluding hydrogens is 406 g/mol. The van der Waals surface area contributed by atoms with Crippen LogP contribution in [0.4, 0.5) is 0 Å². The highest BCUT2D eigenvalue weighted by Crippen LogP contribution is 2.29. The number of aryl methyl sites for hydroxylation is 1.